The summed E-state index contributed by atoms with van der Waals surface area (Å²) >= 11 is 0. The van der Waals surface area contributed by atoms with Crippen LogP contribution < -0.4 is 15.8 Å². The average molecular weight is 239 g/mol. The van der Waals surface area contributed by atoms with Gasteiger partial charge in [-0.25, -0.2) is 0 Å². The Balaban J connectivity index is 2.04. The van der Waals surface area contributed by atoms with Crippen LogP contribution in [0.5, 0.6) is 6.01 Å². The van der Waals surface area contributed by atoms with Crippen molar-refractivity contribution in [3.63, 3.8) is 0 Å². The molecule has 94 valence electrons. The summed E-state index contributed by atoms with van der Waals surface area (Å²) in [4.78, 5) is 11.9. The van der Waals surface area contributed by atoms with Crippen molar-refractivity contribution >= 4 is 11.9 Å². The molecule has 1 aliphatic rings. The Kier molecular flexibility index (Phi) is 3.58. The van der Waals surface area contributed by atoms with Gasteiger partial charge in [-0.3, -0.25) is 0 Å². The number of nitrogens with zero attached hydrogens (tertiary/aromatic N) is 3. The average Bonchev–Trinajstić information content (AvgIpc) is 2.81. The van der Waals surface area contributed by atoms with Crippen molar-refractivity contribution in [2.75, 3.05) is 24.8 Å². The number of methoxy groups -OCH3 is 1. The van der Waals surface area contributed by atoms with Gasteiger partial charge < -0.3 is 20.5 Å². The third-order valence-corrected chi connectivity index (χ3v) is 2.69. The van der Waals surface area contributed by atoms with Crippen LogP contribution in [0.2, 0.25) is 0 Å². The van der Waals surface area contributed by atoms with Crippen LogP contribution in [-0.2, 0) is 4.74 Å². The Hall–Kier alpha value is -1.63. The molecule has 1 aliphatic heterocycles. The molecule has 0 aromatic carbocycles. The Bertz CT molecular complexity index is 381. The first-order valence-electron chi connectivity index (χ1n) is 5.62. The normalized spacial score (nSPS) is 21.2. The van der Waals surface area contributed by atoms with Crippen LogP contribution in [0, 0.1) is 0 Å². The second-order valence-corrected chi connectivity index (χ2v) is 3.99. The van der Waals surface area contributed by atoms with Crippen LogP contribution in [0.15, 0.2) is 0 Å². The van der Waals surface area contributed by atoms with E-state index in [0.29, 0.717) is 5.95 Å². The first-order valence-corrected chi connectivity index (χ1v) is 5.62. The van der Waals surface area contributed by atoms with Crippen molar-refractivity contribution in [2.24, 2.45) is 0 Å². The van der Waals surface area contributed by atoms with Gasteiger partial charge in [-0.2, -0.15) is 15.0 Å². The van der Waals surface area contributed by atoms with Gasteiger partial charge in [-0.1, -0.05) is 0 Å². The molecule has 3 N–H and O–H groups in total. The molecule has 0 radical (unpaired) electrons. The summed E-state index contributed by atoms with van der Waals surface area (Å²) in [5.41, 5.74) is 5.55. The predicted octanol–water partition coefficient (Wildman–Crippen LogP) is 0.442. The molecule has 1 saturated heterocycles. The number of hydrogen-bond donors (Lipinski definition) is 2. The Morgan fingerprint density at radius 3 is 2.94 bits per heavy atom. The molecule has 1 aromatic heterocycles. The summed E-state index contributed by atoms with van der Waals surface area (Å²) in [5, 5.41) is 3.15. The quantitative estimate of drug-likeness (QED) is 0.787. The third-order valence-electron chi connectivity index (χ3n) is 2.69. The van der Waals surface area contributed by atoms with E-state index in [9.17, 15) is 0 Å². The molecule has 2 heterocycles. The second kappa shape index (κ2) is 5.13. The zero-order chi connectivity index (χ0) is 12.3. The summed E-state index contributed by atoms with van der Waals surface area (Å²) in [6.45, 7) is 2.85. The molecule has 0 amide bonds. The summed E-state index contributed by atoms with van der Waals surface area (Å²) in [5.74, 6) is 0.552. The first-order chi connectivity index (χ1) is 8.19. The van der Waals surface area contributed by atoms with E-state index in [4.69, 9.17) is 15.2 Å². The molecule has 17 heavy (non-hydrogen) atoms. The van der Waals surface area contributed by atoms with Crippen molar-refractivity contribution in [3.05, 3.63) is 0 Å². The van der Waals surface area contributed by atoms with Gasteiger partial charge in [-0.15, -0.1) is 0 Å². The minimum atomic E-state index is 0.129. The van der Waals surface area contributed by atoms with Crippen LogP contribution in [0.25, 0.3) is 0 Å². The number of anilines is 2. The first kappa shape index (κ1) is 11.8. The molecule has 2 atom stereocenters. The van der Waals surface area contributed by atoms with E-state index < -0.39 is 0 Å². The smallest absolute Gasteiger partial charge is 0.322 e. The van der Waals surface area contributed by atoms with Gasteiger partial charge in [0.25, 0.3) is 0 Å². The second-order valence-electron chi connectivity index (χ2n) is 3.99. The highest BCUT2D eigenvalue weighted by Gasteiger charge is 2.23. The summed E-state index contributed by atoms with van der Waals surface area (Å²) in [6.07, 6.45) is 2.34. The minimum absolute atomic E-state index is 0.129. The highest BCUT2D eigenvalue weighted by atomic mass is 16.5. The van der Waals surface area contributed by atoms with Crippen LogP contribution in [0.1, 0.15) is 19.8 Å². The predicted molar refractivity (Wildman–Crippen MR) is 62.9 cm³/mol. The molecule has 1 fully saturated rings. The topological polar surface area (TPSA) is 95.2 Å². The van der Waals surface area contributed by atoms with Gasteiger partial charge in [0.1, 0.15) is 0 Å². The number of nitrogen functional groups attached to an aromatic ring is 1. The van der Waals surface area contributed by atoms with E-state index in [1.54, 1.807) is 0 Å². The van der Waals surface area contributed by atoms with Crippen LogP contribution >= 0.6 is 0 Å². The maximum atomic E-state index is 5.58. The van der Waals surface area contributed by atoms with Crippen molar-refractivity contribution in [3.8, 4) is 6.01 Å². The van der Waals surface area contributed by atoms with Gasteiger partial charge in [-0.05, 0) is 19.8 Å². The standard InChI is InChI=1S/C10H17N5O2/c1-6(7-4-3-5-17-7)12-9-13-8(11)14-10(15-9)16-2/h6-7H,3-5H2,1-2H3,(H3,11,12,13,14,15). The number of aromatic nitrogens is 3. The lowest BCUT2D eigenvalue weighted by atomic mass is 10.1. The number of nitrogens with two attached hydrogens (primary N) is 1. The van der Waals surface area contributed by atoms with Crippen LogP contribution in [0.4, 0.5) is 11.9 Å². The molecule has 2 unspecified atom stereocenters. The molecule has 0 spiro atoms. The number of ether oxygens (including phenoxy) is 2. The molecule has 0 bridgehead atoms. The SMILES string of the molecule is COc1nc(N)nc(NC(C)C2CCCO2)n1. The third kappa shape index (κ3) is 2.94. The lowest BCUT2D eigenvalue weighted by molar-refractivity contribution is 0.0994. The molecule has 0 aliphatic carbocycles. The molecule has 1 aromatic rings. The Morgan fingerprint density at radius 2 is 2.29 bits per heavy atom. The monoisotopic (exact) mass is 239 g/mol. The van der Waals surface area contributed by atoms with Crippen molar-refractivity contribution in [1.29, 1.82) is 0 Å². The molecule has 2 rings (SSSR count). The summed E-state index contributed by atoms with van der Waals surface area (Å²) < 4.78 is 10.5. The Labute approximate surface area is 99.8 Å². The van der Waals surface area contributed by atoms with Crippen LogP contribution in [-0.4, -0.2) is 40.8 Å². The van der Waals surface area contributed by atoms with E-state index in [1.807, 2.05) is 6.92 Å². The van der Waals surface area contributed by atoms with Crippen molar-refractivity contribution in [1.82, 2.24) is 15.0 Å². The van der Waals surface area contributed by atoms with E-state index in [0.717, 1.165) is 19.4 Å². The largest absolute Gasteiger partial charge is 0.467 e. The molecule has 7 nitrogen and oxygen atoms in total. The van der Waals surface area contributed by atoms with E-state index in [2.05, 4.69) is 20.3 Å². The highest BCUT2D eigenvalue weighted by Crippen LogP contribution is 2.18. The maximum absolute atomic E-state index is 5.58. The van der Waals surface area contributed by atoms with Gasteiger partial charge in [0.2, 0.25) is 11.9 Å². The van der Waals surface area contributed by atoms with Gasteiger partial charge in [0.15, 0.2) is 0 Å². The van der Waals surface area contributed by atoms with Crippen molar-refractivity contribution in [2.45, 2.75) is 31.9 Å². The number of nitrogens with one attached hydrogen (secondary N) is 1. The number of hydrogen-bond acceptors (Lipinski definition) is 7. The molecular weight excluding hydrogens is 222 g/mol. The molecule has 7 heteroatoms. The van der Waals surface area contributed by atoms with Crippen LogP contribution in [0.3, 0.4) is 0 Å². The molecular formula is C10H17N5O2. The van der Waals surface area contributed by atoms with E-state index >= 15 is 0 Å². The molecule has 0 saturated carbocycles. The number of rotatable bonds is 4. The summed E-state index contributed by atoms with van der Waals surface area (Å²) in [7, 11) is 1.49. The minimum Gasteiger partial charge on any atom is -0.467 e. The lowest BCUT2D eigenvalue weighted by Gasteiger charge is -2.19. The van der Waals surface area contributed by atoms with Gasteiger partial charge >= 0.3 is 6.01 Å². The lowest BCUT2D eigenvalue weighted by Crippen LogP contribution is -2.31. The Morgan fingerprint density at radius 1 is 1.47 bits per heavy atom. The highest BCUT2D eigenvalue weighted by molar-refractivity contribution is 5.33. The van der Waals surface area contributed by atoms with E-state index in [-0.39, 0.29) is 24.1 Å². The summed E-state index contributed by atoms with van der Waals surface area (Å²) in [6, 6.07) is 0.337. The van der Waals surface area contributed by atoms with E-state index in [1.165, 1.54) is 7.11 Å². The van der Waals surface area contributed by atoms with Gasteiger partial charge in [0.05, 0.1) is 19.3 Å². The fraction of sp³-hybridized carbons (Fsp3) is 0.700. The van der Waals surface area contributed by atoms with Crippen molar-refractivity contribution < 1.29 is 9.47 Å². The van der Waals surface area contributed by atoms with Gasteiger partial charge in [0, 0.05) is 6.61 Å². The zero-order valence-electron chi connectivity index (χ0n) is 10.0. The maximum Gasteiger partial charge on any atom is 0.322 e. The zero-order valence-corrected chi connectivity index (χ0v) is 10.0. The fourth-order valence-electron chi connectivity index (χ4n) is 1.82. The fourth-order valence-corrected chi connectivity index (χ4v) is 1.82.